The molecule has 1 fully saturated rings. The summed E-state index contributed by atoms with van der Waals surface area (Å²) in [6, 6.07) is 6.03. The van der Waals surface area contributed by atoms with Crippen molar-refractivity contribution in [1.82, 2.24) is 4.98 Å². The maximum atomic E-state index is 10.3. The molecule has 4 rings (SSSR count). The minimum absolute atomic E-state index is 0.104. The number of carbonyl (C=O) groups is 2. The molecular weight excluding hydrogens is 512 g/mol. The molecule has 0 radical (unpaired) electrons. The lowest BCUT2D eigenvalue weighted by molar-refractivity contribution is -0.152. The van der Waals surface area contributed by atoms with E-state index in [1.807, 2.05) is 19.1 Å². The Bertz CT molecular complexity index is 1220. The number of fused-ring (bicyclic) bond motifs is 3. The lowest BCUT2D eigenvalue weighted by Gasteiger charge is -2.37. The first kappa shape index (κ1) is 29.7. The standard InChI is InChI=1S/C23H28N2O5.C4H6O5/c1-5-30-20-10-15-16-9-14(26)6-7-18(16)25-22(17(15)11-19(20)27-2)13-8-21(28-3)23(29-4)24-12-13;5-2(4(8)9)1-3(6)7/h8,10-12,14,16,18,26H,5-7,9H2,1-4H3;2,5H,1H2,(H,6,7)(H,8,9)/t14-,16-,18-;2-/m10/s1. The van der Waals surface area contributed by atoms with E-state index in [1.54, 1.807) is 27.5 Å². The molecule has 1 aliphatic heterocycles. The van der Waals surface area contributed by atoms with Gasteiger partial charge in [0, 0.05) is 23.2 Å². The van der Waals surface area contributed by atoms with Crippen molar-refractivity contribution >= 4 is 17.7 Å². The predicted octanol–water partition coefficient (Wildman–Crippen LogP) is 2.26. The smallest absolute Gasteiger partial charge is 0.333 e. The number of nitrogens with zero attached hydrogens (tertiary/aromatic N) is 2. The van der Waals surface area contributed by atoms with Gasteiger partial charge in [-0.2, -0.15) is 0 Å². The first-order chi connectivity index (χ1) is 18.6. The van der Waals surface area contributed by atoms with E-state index in [4.69, 9.17) is 39.3 Å². The highest BCUT2D eigenvalue weighted by molar-refractivity contribution is 6.15. The van der Waals surface area contributed by atoms with Gasteiger partial charge >= 0.3 is 11.9 Å². The number of aliphatic hydroxyl groups excluding tert-OH is 2. The van der Waals surface area contributed by atoms with Gasteiger partial charge in [-0.25, -0.2) is 9.78 Å². The number of pyridine rings is 1. The second-order valence-corrected chi connectivity index (χ2v) is 9.03. The van der Waals surface area contributed by atoms with E-state index < -0.39 is 24.5 Å². The van der Waals surface area contributed by atoms with Crippen LogP contribution in [0.1, 0.15) is 55.2 Å². The SMILES string of the molecule is CCOc1cc2c(cc1OC)C(c1cnc(OC)c(OC)c1)=N[C@@H]1CC[C@@H](O)C[C@H]21.O=C(O)C[C@H](O)C(=O)O. The van der Waals surface area contributed by atoms with Gasteiger partial charge in [0.25, 0.3) is 5.88 Å². The molecule has 1 aromatic carbocycles. The largest absolute Gasteiger partial charge is 0.493 e. The number of hydrogen-bond donors (Lipinski definition) is 4. The number of rotatable bonds is 9. The van der Waals surface area contributed by atoms with Gasteiger partial charge in [0.05, 0.1) is 52.2 Å². The van der Waals surface area contributed by atoms with Gasteiger partial charge in [0.1, 0.15) is 0 Å². The van der Waals surface area contributed by atoms with E-state index in [-0.39, 0.29) is 18.1 Å². The average Bonchev–Trinajstić information content (AvgIpc) is 2.92. The fourth-order valence-corrected chi connectivity index (χ4v) is 4.72. The average molecular weight is 547 g/mol. The summed E-state index contributed by atoms with van der Waals surface area (Å²) in [6.07, 6.45) is 1.19. The van der Waals surface area contributed by atoms with Crippen LogP contribution in [0.25, 0.3) is 0 Å². The predicted molar refractivity (Wildman–Crippen MR) is 139 cm³/mol. The van der Waals surface area contributed by atoms with E-state index in [2.05, 4.69) is 11.1 Å². The molecule has 1 aromatic heterocycles. The van der Waals surface area contributed by atoms with Crippen LogP contribution in [0.4, 0.5) is 0 Å². The molecule has 4 N–H and O–H groups in total. The Morgan fingerprint density at radius 2 is 1.74 bits per heavy atom. The Morgan fingerprint density at radius 1 is 1.03 bits per heavy atom. The molecule has 212 valence electrons. The highest BCUT2D eigenvalue weighted by Crippen LogP contribution is 2.45. The molecule has 0 spiro atoms. The molecule has 39 heavy (non-hydrogen) atoms. The van der Waals surface area contributed by atoms with Crippen molar-refractivity contribution in [3.05, 3.63) is 41.1 Å². The zero-order chi connectivity index (χ0) is 28.7. The van der Waals surface area contributed by atoms with Crippen LogP contribution in [0.3, 0.4) is 0 Å². The van der Waals surface area contributed by atoms with Gasteiger partial charge in [-0.1, -0.05) is 0 Å². The molecule has 0 saturated heterocycles. The third-order valence-electron chi connectivity index (χ3n) is 6.53. The third-order valence-corrected chi connectivity index (χ3v) is 6.53. The third kappa shape index (κ3) is 6.95. The Hall–Kier alpha value is -3.90. The maximum Gasteiger partial charge on any atom is 0.333 e. The van der Waals surface area contributed by atoms with Crippen LogP contribution in [0.5, 0.6) is 23.1 Å². The zero-order valence-electron chi connectivity index (χ0n) is 22.3. The summed E-state index contributed by atoms with van der Waals surface area (Å²) in [6.45, 7) is 2.50. The molecule has 2 heterocycles. The first-order valence-corrected chi connectivity index (χ1v) is 12.4. The van der Waals surface area contributed by atoms with Crippen molar-refractivity contribution in [3.8, 4) is 23.1 Å². The van der Waals surface area contributed by atoms with Crippen molar-refractivity contribution in [3.63, 3.8) is 0 Å². The molecule has 1 aliphatic carbocycles. The van der Waals surface area contributed by atoms with Crippen LogP contribution in [-0.4, -0.2) is 89.2 Å². The Balaban J connectivity index is 0.000000403. The van der Waals surface area contributed by atoms with Gasteiger partial charge in [-0.05, 0) is 49.9 Å². The minimum atomic E-state index is -1.79. The number of hydrogen-bond acceptors (Lipinski definition) is 10. The van der Waals surface area contributed by atoms with Crippen LogP contribution < -0.4 is 18.9 Å². The fraction of sp³-hybridized carbons (Fsp3) is 0.481. The normalized spacial score (nSPS) is 20.2. The summed E-state index contributed by atoms with van der Waals surface area (Å²) >= 11 is 0. The number of ether oxygens (including phenoxy) is 4. The molecule has 0 unspecified atom stereocenters. The van der Waals surface area contributed by atoms with Gasteiger partial charge in [-0.3, -0.25) is 9.79 Å². The molecule has 4 atom stereocenters. The number of aliphatic hydroxyl groups is 2. The number of carboxylic acid groups (broad SMARTS) is 2. The zero-order valence-corrected chi connectivity index (χ0v) is 22.3. The molecule has 0 amide bonds. The minimum Gasteiger partial charge on any atom is -0.493 e. The van der Waals surface area contributed by atoms with Crippen LogP contribution >= 0.6 is 0 Å². The number of methoxy groups -OCH3 is 3. The molecule has 12 nitrogen and oxygen atoms in total. The first-order valence-electron chi connectivity index (χ1n) is 12.4. The maximum absolute atomic E-state index is 10.3. The second-order valence-electron chi connectivity index (χ2n) is 9.03. The van der Waals surface area contributed by atoms with E-state index in [1.165, 1.54) is 0 Å². The Labute approximate surface area is 225 Å². The number of carboxylic acids is 2. The van der Waals surface area contributed by atoms with Crippen LogP contribution in [0.15, 0.2) is 29.4 Å². The van der Waals surface area contributed by atoms with Crippen molar-refractivity contribution < 1.29 is 49.0 Å². The van der Waals surface area contributed by atoms with Gasteiger partial charge in [0.2, 0.25) is 0 Å². The highest BCUT2D eigenvalue weighted by Gasteiger charge is 2.37. The topological polar surface area (TPSA) is 177 Å². The lowest BCUT2D eigenvalue weighted by Crippen LogP contribution is -2.34. The van der Waals surface area contributed by atoms with Crippen molar-refractivity contribution in [2.24, 2.45) is 4.99 Å². The number of aliphatic imine (C=N–C) groups is 1. The molecule has 12 heteroatoms. The van der Waals surface area contributed by atoms with E-state index in [0.29, 0.717) is 36.2 Å². The van der Waals surface area contributed by atoms with Crippen LogP contribution in [0, 0.1) is 0 Å². The van der Waals surface area contributed by atoms with Crippen molar-refractivity contribution in [2.45, 2.75) is 56.8 Å². The van der Waals surface area contributed by atoms with E-state index in [0.717, 1.165) is 35.2 Å². The molecule has 2 aromatic rings. The molecule has 1 saturated carbocycles. The summed E-state index contributed by atoms with van der Waals surface area (Å²) in [5.74, 6) is -0.344. The summed E-state index contributed by atoms with van der Waals surface area (Å²) in [7, 11) is 4.79. The summed E-state index contributed by atoms with van der Waals surface area (Å²) in [5.41, 5.74) is 3.80. The number of benzene rings is 1. The molecule has 2 aliphatic rings. The molecular formula is C27H34N2O10. The number of aliphatic carboxylic acids is 2. The fourth-order valence-electron chi connectivity index (χ4n) is 4.72. The summed E-state index contributed by atoms with van der Waals surface area (Å²) in [5, 5.41) is 34.5. The molecule has 0 bridgehead atoms. The van der Waals surface area contributed by atoms with Gasteiger partial charge in [0.15, 0.2) is 23.4 Å². The Kier molecular flexibility index (Phi) is 10.1. The van der Waals surface area contributed by atoms with Gasteiger partial charge in [-0.15, -0.1) is 0 Å². The summed E-state index contributed by atoms with van der Waals surface area (Å²) < 4.78 is 22.2. The van der Waals surface area contributed by atoms with Crippen LogP contribution in [0.2, 0.25) is 0 Å². The monoisotopic (exact) mass is 546 g/mol. The lowest BCUT2D eigenvalue weighted by atomic mass is 9.74. The second kappa shape index (κ2) is 13.3. The van der Waals surface area contributed by atoms with Crippen LogP contribution in [-0.2, 0) is 9.59 Å². The summed E-state index contributed by atoms with van der Waals surface area (Å²) in [4.78, 5) is 28.9. The van der Waals surface area contributed by atoms with Crippen molar-refractivity contribution in [1.29, 1.82) is 0 Å². The van der Waals surface area contributed by atoms with E-state index in [9.17, 15) is 14.7 Å². The van der Waals surface area contributed by atoms with Crippen molar-refractivity contribution in [2.75, 3.05) is 27.9 Å². The highest BCUT2D eigenvalue weighted by atomic mass is 16.5. The van der Waals surface area contributed by atoms with Gasteiger partial charge < -0.3 is 39.4 Å². The number of aromatic nitrogens is 1. The Morgan fingerprint density at radius 3 is 2.31 bits per heavy atom. The quantitative estimate of drug-likeness (QED) is 0.363. The van der Waals surface area contributed by atoms with E-state index >= 15 is 0 Å².